The van der Waals surface area contributed by atoms with E-state index in [0.29, 0.717) is 25.5 Å². The van der Waals surface area contributed by atoms with E-state index in [1.54, 1.807) is 0 Å². The maximum atomic E-state index is 13.7. The van der Waals surface area contributed by atoms with Crippen LogP contribution in [0.2, 0.25) is 5.15 Å². The van der Waals surface area contributed by atoms with Crippen molar-refractivity contribution in [3.63, 3.8) is 0 Å². The maximum absolute atomic E-state index is 13.7. The van der Waals surface area contributed by atoms with Gasteiger partial charge in [-0.2, -0.15) is 0 Å². The molecule has 0 unspecified atom stereocenters. The van der Waals surface area contributed by atoms with Crippen molar-refractivity contribution < 1.29 is 18.7 Å². The topological polar surface area (TPSA) is 62.2 Å². The Bertz CT molecular complexity index is 541. The van der Waals surface area contributed by atoms with Crippen molar-refractivity contribution >= 4 is 17.6 Å². The van der Waals surface area contributed by atoms with Crippen molar-refractivity contribution in [1.82, 2.24) is 10.3 Å². The summed E-state index contributed by atoms with van der Waals surface area (Å²) >= 11 is 5.54. The highest BCUT2D eigenvalue weighted by Crippen LogP contribution is 2.36. The third-order valence-electron chi connectivity index (χ3n) is 3.71. The van der Waals surface area contributed by atoms with E-state index in [2.05, 4.69) is 10.3 Å². The maximum Gasteiger partial charge on any atom is 0.310 e. The molecule has 2 heterocycles. The molecule has 4 nitrogen and oxygen atoms in total. The molecule has 1 aromatic heterocycles. The number of nitrogens with zero attached hydrogens (tertiary/aromatic N) is 1. The molecule has 0 amide bonds. The summed E-state index contributed by atoms with van der Waals surface area (Å²) in [6.07, 6.45) is 0.626. The van der Waals surface area contributed by atoms with Crippen LogP contribution in [0.5, 0.6) is 0 Å². The number of carboxylic acid groups (broad SMARTS) is 1. The number of aliphatic carboxylic acids is 1. The predicted molar refractivity (Wildman–Crippen MR) is 69.6 cm³/mol. The van der Waals surface area contributed by atoms with Crippen LogP contribution in [0.1, 0.15) is 25.5 Å². The van der Waals surface area contributed by atoms with Crippen LogP contribution in [-0.4, -0.2) is 28.6 Å². The molecular formula is C13H15ClF2N2O2. The minimum Gasteiger partial charge on any atom is -0.481 e. The van der Waals surface area contributed by atoms with Gasteiger partial charge in [0.15, 0.2) is 11.0 Å². The zero-order chi connectivity index (χ0) is 14.9. The number of hydrogen-bond acceptors (Lipinski definition) is 3. The summed E-state index contributed by atoms with van der Waals surface area (Å²) in [6, 6.07) is 0.656. The number of rotatable bonds is 3. The third-order valence-corrected chi connectivity index (χ3v) is 3.98. The molecule has 2 rings (SSSR count). The van der Waals surface area contributed by atoms with Gasteiger partial charge in [-0.3, -0.25) is 4.79 Å². The Hall–Kier alpha value is -1.27. The standard InChI is InChI=1S/C13H15ClF2N2O2/c1-7-5-13(12(19)20,2-3-17-7)6-10-8(15)4-9(16)11(14)18-10/h4,7,17H,2-3,5-6H2,1H3,(H,19,20)/t7-,13-/m1/s1. The Balaban J connectivity index is 2.34. The van der Waals surface area contributed by atoms with Gasteiger partial charge in [0, 0.05) is 18.5 Å². The molecule has 2 N–H and O–H groups in total. The smallest absolute Gasteiger partial charge is 0.310 e. The lowest BCUT2D eigenvalue weighted by molar-refractivity contribution is -0.151. The van der Waals surface area contributed by atoms with Crippen LogP contribution < -0.4 is 5.32 Å². The van der Waals surface area contributed by atoms with E-state index in [-0.39, 0.29) is 18.2 Å². The number of pyridine rings is 1. The molecule has 0 aliphatic carbocycles. The molecule has 0 aromatic carbocycles. The summed E-state index contributed by atoms with van der Waals surface area (Å²) < 4.78 is 26.8. The highest BCUT2D eigenvalue weighted by molar-refractivity contribution is 6.29. The van der Waals surface area contributed by atoms with Crippen molar-refractivity contribution in [3.05, 3.63) is 28.5 Å². The quantitative estimate of drug-likeness (QED) is 0.842. The minimum atomic E-state index is -1.10. The molecule has 1 aliphatic rings. The molecule has 2 atom stereocenters. The third kappa shape index (κ3) is 2.91. The van der Waals surface area contributed by atoms with Crippen molar-refractivity contribution in [2.75, 3.05) is 6.54 Å². The lowest BCUT2D eigenvalue weighted by Crippen LogP contribution is -2.48. The van der Waals surface area contributed by atoms with Gasteiger partial charge < -0.3 is 10.4 Å². The largest absolute Gasteiger partial charge is 0.481 e. The van der Waals surface area contributed by atoms with E-state index in [4.69, 9.17) is 11.6 Å². The van der Waals surface area contributed by atoms with E-state index < -0.39 is 28.2 Å². The van der Waals surface area contributed by atoms with Crippen LogP contribution in [0.4, 0.5) is 8.78 Å². The highest BCUT2D eigenvalue weighted by Gasteiger charge is 2.43. The Labute approximate surface area is 120 Å². The van der Waals surface area contributed by atoms with Gasteiger partial charge in [0.2, 0.25) is 0 Å². The van der Waals surface area contributed by atoms with Crippen LogP contribution in [-0.2, 0) is 11.2 Å². The highest BCUT2D eigenvalue weighted by atomic mass is 35.5. The van der Waals surface area contributed by atoms with Gasteiger partial charge in [-0.05, 0) is 26.3 Å². The van der Waals surface area contributed by atoms with Gasteiger partial charge in [-0.15, -0.1) is 0 Å². The fourth-order valence-corrected chi connectivity index (χ4v) is 2.83. The van der Waals surface area contributed by atoms with Crippen LogP contribution >= 0.6 is 11.6 Å². The van der Waals surface area contributed by atoms with Crippen LogP contribution in [0.3, 0.4) is 0 Å². The first-order valence-electron chi connectivity index (χ1n) is 6.31. The van der Waals surface area contributed by atoms with Crippen molar-refractivity contribution in [2.45, 2.75) is 32.2 Å². The van der Waals surface area contributed by atoms with Crippen molar-refractivity contribution in [1.29, 1.82) is 0 Å². The number of hydrogen-bond donors (Lipinski definition) is 2. The second-order valence-corrected chi connectivity index (χ2v) is 5.62. The first kappa shape index (κ1) is 15.1. The average molecular weight is 305 g/mol. The molecule has 20 heavy (non-hydrogen) atoms. The predicted octanol–water partition coefficient (Wildman–Crippen LogP) is 2.40. The van der Waals surface area contributed by atoms with Crippen molar-refractivity contribution in [2.24, 2.45) is 5.41 Å². The Kier molecular flexibility index (Phi) is 4.25. The van der Waals surface area contributed by atoms with E-state index in [0.717, 1.165) is 0 Å². The van der Waals surface area contributed by atoms with Crippen LogP contribution in [0.15, 0.2) is 6.07 Å². The van der Waals surface area contributed by atoms with Gasteiger partial charge in [0.1, 0.15) is 5.82 Å². The lowest BCUT2D eigenvalue weighted by Gasteiger charge is -2.37. The second kappa shape index (κ2) is 5.61. The normalized spacial score (nSPS) is 26.5. The van der Waals surface area contributed by atoms with E-state index >= 15 is 0 Å². The van der Waals surface area contributed by atoms with Gasteiger partial charge >= 0.3 is 5.97 Å². The summed E-state index contributed by atoms with van der Waals surface area (Å²) in [5.74, 6) is -2.80. The molecule has 110 valence electrons. The molecule has 0 bridgehead atoms. The second-order valence-electron chi connectivity index (χ2n) is 5.26. The van der Waals surface area contributed by atoms with E-state index in [1.165, 1.54) is 0 Å². The molecule has 1 aromatic rings. The zero-order valence-corrected chi connectivity index (χ0v) is 11.7. The van der Waals surface area contributed by atoms with Crippen LogP contribution in [0.25, 0.3) is 0 Å². The Morgan fingerprint density at radius 2 is 2.30 bits per heavy atom. The summed E-state index contributed by atoms with van der Waals surface area (Å²) in [7, 11) is 0. The molecule has 0 spiro atoms. The zero-order valence-electron chi connectivity index (χ0n) is 10.9. The number of carboxylic acids is 1. The molecular weight excluding hydrogens is 290 g/mol. The lowest BCUT2D eigenvalue weighted by atomic mass is 9.73. The van der Waals surface area contributed by atoms with Crippen LogP contribution in [0, 0.1) is 17.0 Å². The fourth-order valence-electron chi connectivity index (χ4n) is 2.67. The average Bonchev–Trinajstić information content (AvgIpc) is 2.36. The SMILES string of the molecule is C[C@@H]1C[C@](Cc2nc(Cl)c(F)cc2F)(C(=O)O)CCN1. The molecule has 1 aliphatic heterocycles. The summed E-state index contributed by atoms with van der Waals surface area (Å²) in [5.41, 5.74) is -1.20. The fraction of sp³-hybridized carbons (Fsp3) is 0.538. The molecule has 0 radical (unpaired) electrons. The van der Waals surface area contributed by atoms with E-state index in [9.17, 15) is 18.7 Å². The first-order valence-corrected chi connectivity index (χ1v) is 6.69. The Morgan fingerprint density at radius 1 is 1.60 bits per heavy atom. The monoisotopic (exact) mass is 304 g/mol. The molecule has 7 heteroatoms. The number of piperidine rings is 1. The number of carbonyl (C=O) groups is 1. The Morgan fingerprint density at radius 3 is 2.90 bits per heavy atom. The molecule has 1 fully saturated rings. The summed E-state index contributed by atoms with van der Waals surface area (Å²) in [6.45, 7) is 2.41. The van der Waals surface area contributed by atoms with Crippen molar-refractivity contribution in [3.8, 4) is 0 Å². The summed E-state index contributed by atoms with van der Waals surface area (Å²) in [5, 5.41) is 12.2. The minimum absolute atomic E-state index is 0.0128. The number of aromatic nitrogens is 1. The number of nitrogens with one attached hydrogen (secondary N) is 1. The van der Waals surface area contributed by atoms with Gasteiger partial charge in [-0.1, -0.05) is 11.6 Å². The molecule has 1 saturated heterocycles. The van der Waals surface area contributed by atoms with E-state index in [1.807, 2.05) is 6.92 Å². The summed E-state index contributed by atoms with van der Waals surface area (Å²) in [4.78, 5) is 15.3. The van der Waals surface area contributed by atoms with Gasteiger partial charge in [-0.25, -0.2) is 13.8 Å². The van der Waals surface area contributed by atoms with Gasteiger partial charge in [0.25, 0.3) is 0 Å². The first-order chi connectivity index (χ1) is 9.34. The number of halogens is 3. The molecule has 0 saturated carbocycles. The van der Waals surface area contributed by atoms with Gasteiger partial charge in [0.05, 0.1) is 11.1 Å².